The van der Waals surface area contributed by atoms with Crippen molar-refractivity contribution in [1.29, 1.82) is 0 Å². The number of benzene rings is 1. The fourth-order valence-corrected chi connectivity index (χ4v) is 1.38. The van der Waals surface area contributed by atoms with Gasteiger partial charge in [-0.15, -0.1) is 0 Å². The molecule has 0 heterocycles. The Bertz CT molecular complexity index is 446. The van der Waals surface area contributed by atoms with Crippen molar-refractivity contribution in [3.05, 3.63) is 33.4 Å². The zero-order chi connectivity index (χ0) is 13.2. The van der Waals surface area contributed by atoms with Crippen LogP contribution in [0.25, 0.3) is 0 Å². The highest BCUT2D eigenvalue weighted by Gasteiger charge is 2.37. The average Bonchev–Trinajstić information content (AvgIpc) is 2.25. The van der Waals surface area contributed by atoms with Crippen LogP contribution in [0, 0.1) is 10.1 Å². The highest BCUT2D eigenvalue weighted by molar-refractivity contribution is 5.51. The number of halogens is 3. The Balaban J connectivity index is 3.54. The summed E-state index contributed by atoms with van der Waals surface area (Å²) >= 11 is 0. The highest BCUT2D eigenvalue weighted by Crippen LogP contribution is 2.40. The van der Waals surface area contributed by atoms with Crippen LogP contribution in [0.5, 0.6) is 5.75 Å². The minimum absolute atomic E-state index is 0.0611. The lowest BCUT2D eigenvalue weighted by molar-refractivity contribution is -0.385. The molecule has 1 aromatic rings. The number of non-ortho nitro benzene ring substituents is 1. The molecule has 0 bridgehead atoms. The number of hydrogen-bond acceptors (Lipinski definition) is 4. The van der Waals surface area contributed by atoms with Crippen LogP contribution < -0.4 is 10.5 Å². The number of nitro groups is 1. The lowest BCUT2D eigenvalue weighted by Gasteiger charge is -2.14. The van der Waals surface area contributed by atoms with E-state index in [1.54, 1.807) is 0 Å². The van der Waals surface area contributed by atoms with E-state index in [1.165, 1.54) is 0 Å². The lowest BCUT2D eigenvalue weighted by Crippen LogP contribution is -2.11. The molecular weight excluding hydrogens is 241 g/mol. The van der Waals surface area contributed by atoms with Crippen molar-refractivity contribution in [1.82, 2.24) is 0 Å². The summed E-state index contributed by atoms with van der Waals surface area (Å²) in [4.78, 5) is 9.60. The Kier molecular flexibility index (Phi) is 3.56. The molecule has 0 aliphatic rings. The predicted octanol–water partition coefficient (Wildman–Crippen LogP) is 2.08. The van der Waals surface area contributed by atoms with E-state index in [0.717, 1.165) is 13.2 Å². The minimum atomic E-state index is -4.73. The second-order valence-electron chi connectivity index (χ2n) is 3.14. The lowest BCUT2D eigenvalue weighted by atomic mass is 10.1. The fraction of sp³-hybridized carbons (Fsp3) is 0.333. The summed E-state index contributed by atoms with van der Waals surface area (Å²) in [7, 11) is 1.05. The number of nitrogens with two attached hydrogens (primary N) is 1. The molecule has 0 saturated carbocycles. The van der Waals surface area contributed by atoms with Crippen LogP contribution in [-0.4, -0.2) is 12.0 Å². The van der Waals surface area contributed by atoms with E-state index in [2.05, 4.69) is 4.74 Å². The number of methoxy groups -OCH3 is 1. The summed E-state index contributed by atoms with van der Waals surface area (Å²) < 4.78 is 42.6. The van der Waals surface area contributed by atoms with Gasteiger partial charge in [0.1, 0.15) is 11.3 Å². The van der Waals surface area contributed by atoms with Gasteiger partial charge in [0.05, 0.1) is 12.0 Å². The van der Waals surface area contributed by atoms with Gasteiger partial charge < -0.3 is 10.5 Å². The first-order valence-corrected chi connectivity index (χ1v) is 4.43. The Morgan fingerprint density at radius 2 is 2.06 bits per heavy atom. The normalized spacial score (nSPS) is 11.4. The van der Waals surface area contributed by atoms with Crippen LogP contribution >= 0.6 is 0 Å². The smallest absolute Gasteiger partial charge is 0.420 e. The van der Waals surface area contributed by atoms with E-state index in [1.807, 2.05) is 0 Å². The molecule has 0 saturated heterocycles. The van der Waals surface area contributed by atoms with E-state index in [9.17, 15) is 23.3 Å². The molecule has 1 rings (SSSR count). The van der Waals surface area contributed by atoms with Crippen LogP contribution in [-0.2, 0) is 12.7 Å². The molecule has 1 aromatic carbocycles. The molecule has 0 aliphatic heterocycles. The molecule has 0 atom stereocenters. The van der Waals surface area contributed by atoms with Crippen molar-refractivity contribution >= 4 is 5.69 Å². The van der Waals surface area contributed by atoms with E-state index in [-0.39, 0.29) is 12.1 Å². The summed E-state index contributed by atoms with van der Waals surface area (Å²) in [6, 6.07) is 1.39. The highest BCUT2D eigenvalue weighted by atomic mass is 19.4. The fourth-order valence-electron chi connectivity index (χ4n) is 1.38. The number of rotatable bonds is 3. The summed E-state index contributed by atoms with van der Waals surface area (Å²) in [5.41, 5.74) is 3.31. The number of hydrogen-bond donors (Lipinski definition) is 1. The summed E-state index contributed by atoms with van der Waals surface area (Å²) in [6.45, 7) is -0.284. The van der Waals surface area contributed by atoms with Gasteiger partial charge in [0, 0.05) is 24.2 Å². The van der Waals surface area contributed by atoms with E-state index in [4.69, 9.17) is 5.73 Å². The molecule has 0 aliphatic carbocycles. The van der Waals surface area contributed by atoms with Crippen LogP contribution in [0.15, 0.2) is 12.1 Å². The second kappa shape index (κ2) is 4.58. The van der Waals surface area contributed by atoms with Crippen molar-refractivity contribution in [2.45, 2.75) is 12.7 Å². The van der Waals surface area contributed by atoms with Crippen molar-refractivity contribution in [3.63, 3.8) is 0 Å². The third-order valence-electron chi connectivity index (χ3n) is 2.09. The molecule has 0 spiro atoms. The molecule has 0 radical (unpaired) electrons. The quantitative estimate of drug-likeness (QED) is 0.658. The topological polar surface area (TPSA) is 78.4 Å². The molecule has 94 valence electrons. The van der Waals surface area contributed by atoms with Gasteiger partial charge in [-0.3, -0.25) is 10.1 Å². The van der Waals surface area contributed by atoms with Crippen LogP contribution in [0.3, 0.4) is 0 Å². The number of nitrogens with zero attached hydrogens (tertiary/aromatic N) is 1. The first-order chi connectivity index (χ1) is 7.81. The molecule has 0 fully saturated rings. The maximum Gasteiger partial charge on any atom is 0.420 e. The number of ether oxygens (including phenoxy) is 1. The van der Waals surface area contributed by atoms with Gasteiger partial charge >= 0.3 is 6.18 Å². The van der Waals surface area contributed by atoms with Crippen molar-refractivity contribution in [2.75, 3.05) is 7.11 Å². The molecule has 0 amide bonds. The van der Waals surface area contributed by atoms with Gasteiger partial charge in [-0.05, 0) is 0 Å². The van der Waals surface area contributed by atoms with Crippen LogP contribution in [0.2, 0.25) is 0 Å². The number of alkyl halides is 3. The van der Waals surface area contributed by atoms with E-state index >= 15 is 0 Å². The van der Waals surface area contributed by atoms with Gasteiger partial charge in [-0.25, -0.2) is 0 Å². The van der Waals surface area contributed by atoms with Gasteiger partial charge in [-0.2, -0.15) is 13.2 Å². The third kappa shape index (κ3) is 2.64. The van der Waals surface area contributed by atoms with E-state index < -0.39 is 28.1 Å². The Morgan fingerprint density at radius 1 is 1.47 bits per heavy atom. The first-order valence-electron chi connectivity index (χ1n) is 4.43. The molecule has 17 heavy (non-hydrogen) atoms. The Labute approximate surface area is 94.1 Å². The summed E-state index contributed by atoms with van der Waals surface area (Å²) in [6.07, 6.45) is -4.73. The zero-order valence-corrected chi connectivity index (χ0v) is 8.75. The Morgan fingerprint density at radius 3 is 2.41 bits per heavy atom. The molecule has 2 N–H and O–H groups in total. The first kappa shape index (κ1) is 13.2. The molecule has 0 unspecified atom stereocenters. The van der Waals surface area contributed by atoms with Gasteiger partial charge in [0.15, 0.2) is 0 Å². The Hall–Kier alpha value is -1.83. The monoisotopic (exact) mass is 250 g/mol. The maximum absolute atomic E-state index is 12.7. The number of nitro benzene ring substituents is 1. The molecule has 5 nitrogen and oxygen atoms in total. The molecular formula is C9H9F3N2O3. The molecule has 0 aromatic heterocycles. The molecule has 8 heteroatoms. The van der Waals surface area contributed by atoms with Crippen molar-refractivity contribution in [2.24, 2.45) is 5.73 Å². The van der Waals surface area contributed by atoms with Crippen LogP contribution in [0.4, 0.5) is 18.9 Å². The second-order valence-corrected chi connectivity index (χ2v) is 3.14. The van der Waals surface area contributed by atoms with Gasteiger partial charge in [0.25, 0.3) is 5.69 Å². The average molecular weight is 250 g/mol. The SMILES string of the molecule is COc1c(CN)cc([N+](=O)[O-])cc1C(F)(F)F. The largest absolute Gasteiger partial charge is 0.496 e. The summed E-state index contributed by atoms with van der Waals surface area (Å²) in [5.74, 6) is -0.481. The zero-order valence-electron chi connectivity index (χ0n) is 8.75. The van der Waals surface area contributed by atoms with Crippen molar-refractivity contribution in [3.8, 4) is 5.75 Å². The third-order valence-corrected chi connectivity index (χ3v) is 2.09. The predicted molar refractivity (Wildman–Crippen MR) is 52.5 cm³/mol. The standard InChI is InChI=1S/C9H9F3N2O3/c1-17-8-5(4-13)2-6(14(15)16)3-7(8)9(10,11)12/h2-3H,4,13H2,1H3. The maximum atomic E-state index is 12.7. The van der Waals surface area contributed by atoms with Gasteiger partial charge in [-0.1, -0.05) is 0 Å². The van der Waals surface area contributed by atoms with Gasteiger partial charge in [0.2, 0.25) is 0 Å². The van der Waals surface area contributed by atoms with Crippen LogP contribution in [0.1, 0.15) is 11.1 Å². The minimum Gasteiger partial charge on any atom is -0.496 e. The summed E-state index contributed by atoms with van der Waals surface area (Å²) in [5, 5.41) is 10.5. The van der Waals surface area contributed by atoms with E-state index in [0.29, 0.717) is 6.07 Å². The van der Waals surface area contributed by atoms with Crippen molar-refractivity contribution < 1.29 is 22.8 Å².